The number of carbonyl (C=O) groups is 1. The molecule has 1 amide bonds. The quantitative estimate of drug-likeness (QED) is 0.474. The summed E-state index contributed by atoms with van der Waals surface area (Å²) in [6.07, 6.45) is 8.33. The zero-order chi connectivity index (χ0) is 11.8. The molecule has 0 fully saturated rings. The third-order valence-corrected chi connectivity index (χ3v) is 2.97. The van der Waals surface area contributed by atoms with Crippen molar-refractivity contribution in [2.45, 2.75) is 20.3 Å². The first-order chi connectivity index (χ1) is 7.72. The number of carbonyl (C=O) groups excluding carboxylic acids is 1. The fourth-order valence-corrected chi connectivity index (χ4v) is 1.99. The van der Waals surface area contributed by atoms with E-state index in [1.807, 2.05) is 37.3 Å². The van der Waals surface area contributed by atoms with Crippen LogP contribution in [0.3, 0.4) is 0 Å². The second-order valence-electron chi connectivity index (χ2n) is 3.43. The topological polar surface area (TPSA) is 29.1 Å². The number of rotatable bonds is 5. The highest BCUT2D eigenvalue weighted by molar-refractivity contribution is 7.12. The molecular formula is C13H17NOS. The minimum Gasteiger partial charge on any atom is -0.352 e. The zero-order valence-electron chi connectivity index (χ0n) is 9.69. The molecule has 0 saturated heterocycles. The van der Waals surface area contributed by atoms with Gasteiger partial charge in [0, 0.05) is 22.4 Å². The number of allylic oxidation sites excluding steroid dienone is 1. The molecule has 0 aliphatic rings. The van der Waals surface area contributed by atoms with E-state index in [9.17, 15) is 4.79 Å². The van der Waals surface area contributed by atoms with Crippen LogP contribution in [0.25, 0.3) is 6.08 Å². The Labute approximate surface area is 101 Å². The molecule has 0 aliphatic carbocycles. The van der Waals surface area contributed by atoms with Gasteiger partial charge in [0.2, 0.25) is 5.91 Å². The van der Waals surface area contributed by atoms with Crippen LogP contribution < -0.4 is 5.32 Å². The molecule has 1 aromatic heterocycles. The summed E-state index contributed by atoms with van der Waals surface area (Å²) in [6, 6.07) is 4.07. The average molecular weight is 235 g/mol. The van der Waals surface area contributed by atoms with Crippen molar-refractivity contribution < 1.29 is 4.79 Å². The maximum atomic E-state index is 11.4. The molecule has 0 aromatic carbocycles. The number of aryl methyl sites for hydroxylation is 1. The first-order valence-electron chi connectivity index (χ1n) is 5.36. The Bertz CT molecular complexity index is 390. The highest BCUT2D eigenvalue weighted by atomic mass is 32.1. The van der Waals surface area contributed by atoms with E-state index in [0.29, 0.717) is 6.54 Å². The van der Waals surface area contributed by atoms with E-state index in [2.05, 4.69) is 12.2 Å². The Balaban J connectivity index is 2.31. The van der Waals surface area contributed by atoms with Gasteiger partial charge in [0.25, 0.3) is 0 Å². The van der Waals surface area contributed by atoms with Gasteiger partial charge in [-0.15, -0.1) is 11.3 Å². The van der Waals surface area contributed by atoms with E-state index in [-0.39, 0.29) is 5.91 Å². The average Bonchev–Trinajstić information content (AvgIpc) is 2.68. The second kappa shape index (κ2) is 7.01. The minimum absolute atomic E-state index is 0.0319. The van der Waals surface area contributed by atoms with E-state index in [4.69, 9.17) is 0 Å². The van der Waals surface area contributed by atoms with Crippen molar-refractivity contribution in [2.75, 3.05) is 6.54 Å². The van der Waals surface area contributed by atoms with Crippen LogP contribution in [-0.2, 0) is 4.79 Å². The molecule has 0 saturated carbocycles. The third kappa shape index (κ3) is 4.94. The Kier molecular flexibility index (Phi) is 5.57. The standard InChI is InChI=1S/C13H17NOS/c1-3-4-5-10-14-13(15)9-8-12-7-6-11(2)16-12/h3-4,6-9H,5,10H2,1-2H3,(H,14,15)/b4-3+,9-8+. The van der Waals surface area contributed by atoms with E-state index in [1.165, 1.54) is 4.88 Å². The van der Waals surface area contributed by atoms with Crippen LogP contribution in [0.15, 0.2) is 30.4 Å². The Morgan fingerprint density at radius 2 is 2.31 bits per heavy atom. The van der Waals surface area contributed by atoms with E-state index in [1.54, 1.807) is 17.4 Å². The predicted molar refractivity (Wildman–Crippen MR) is 70.5 cm³/mol. The van der Waals surface area contributed by atoms with Gasteiger partial charge in [-0.25, -0.2) is 0 Å². The first-order valence-corrected chi connectivity index (χ1v) is 6.17. The molecule has 0 radical (unpaired) electrons. The lowest BCUT2D eigenvalue weighted by molar-refractivity contribution is -0.116. The van der Waals surface area contributed by atoms with Gasteiger partial charge in [-0.1, -0.05) is 12.2 Å². The molecule has 0 bridgehead atoms. The summed E-state index contributed by atoms with van der Waals surface area (Å²) < 4.78 is 0. The number of nitrogens with one attached hydrogen (secondary N) is 1. The monoisotopic (exact) mass is 235 g/mol. The summed E-state index contributed by atoms with van der Waals surface area (Å²) in [7, 11) is 0. The normalized spacial score (nSPS) is 11.4. The second-order valence-corrected chi connectivity index (χ2v) is 4.75. The van der Waals surface area contributed by atoms with Crippen LogP contribution in [-0.4, -0.2) is 12.5 Å². The summed E-state index contributed by atoms with van der Waals surface area (Å²) in [4.78, 5) is 13.7. The van der Waals surface area contributed by atoms with Gasteiger partial charge >= 0.3 is 0 Å². The lowest BCUT2D eigenvalue weighted by atomic mass is 10.3. The summed E-state index contributed by atoms with van der Waals surface area (Å²) in [5.41, 5.74) is 0. The lowest BCUT2D eigenvalue weighted by Crippen LogP contribution is -2.21. The predicted octanol–water partition coefficient (Wildman–Crippen LogP) is 3.15. The van der Waals surface area contributed by atoms with Crippen molar-refractivity contribution in [3.8, 4) is 0 Å². The molecule has 0 unspecified atom stereocenters. The van der Waals surface area contributed by atoms with Crippen LogP contribution in [0.4, 0.5) is 0 Å². The number of amides is 1. The highest BCUT2D eigenvalue weighted by Gasteiger charge is 1.95. The van der Waals surface area contributed by atoms with Crippen molar-refractivity contribution in [1.29, 1.82) is 0 Å². The molecule has 16 heavy (non-hydrogen) atoms. The molecule has 3 heteroatoms. The Hall–Kier alpha value is -1.35. The van der Waals surface area contributed by atoms with E-state index in [0.717, 1.165) is 11.3 Å². The smallest absolute Gasteiger partial charge is 0.244 e. The Morgan fingerprint density at radius 1 is 1.50 bits per heavy atom. The van der Waals surface area contributed by atoms with Crippen molar-refractivity contribution >= 4 is 23.3 Å². The molecule has 86 valence electrons. The van der Waals surface area contributed by atoms with Crippen LogP contribution in [0.2, 0.25) is 0 Å². The fourth-order valence-electron chi connectivity index (χ4n) is 1.21. The van der Waals surface area contributed by atoms with Gasteiger partial charge in [0.15, 0.2) is 0 Å². The SMILES string of the molecule is C/C=C/CCNC(=O)/C=C/c1ccc(C)s1. The van der Waals surface area contributed by atoms with Crippen LogP contribution in [0.5, 0.6) is 0 Å². The molecule has 1 aromatic rings. The molecule has 0 spiro atoms. The number of hydrogen-bond donors (Lipinski definition) is 1. The largest absolute Gasteiger partial charge is 0.352 e. The first kappa shape index (κ1) is 12.7. The zero-order valence-corrected chi connectivity index (χ0v) is 10.5. The third-order valence-electron chi connectivity index (χ3n) is 2.01. The van der Waals surface area contributed by atoms with Crippen molar-refractivity contribution in [3.63, 3.8) is 0 Å². The van der Waals surface area contributed by atoms with Crippen molar-refractivity contribution in [3.05, 3.63) is 40.1 Å². The van der Waals surface area contributed by atoms with Crippen molar-refractivity contribution in [2.24, 2.45) is 0 Å². The van der Waals surface area contributed by atoms with Gasteiger partial charge in [-0.3, -0.25) is 4.79 Å². The van der Waals surface area contributed by atoms with Crippen LogP contribution in [0.1, 0.15) is 23.1 Å². The molecular weight excluding hydrogens is 218 g/mol. The molecule has 0 aliphatic heterocycles. The molecule has 1 rings (SSSR count). The summed E-state index contributed by atoms with van der Waals surface area (Å²) in [6.45, 7) is 4.72. The van der Waals surface area contributed by atoms with Gasteiger partial charge in [-0.2, -0.15) is 0 Å². The maximum Gasteiger partial charge on any atom is 0.244 e. The lowest BCUT2D eigenvalue weighted by Gasteiger charge is -1.97. The van der Waals surface area contributed by atoms with Gasteiger partial charge in [-0.05, 0) is 38.5 Å². The molecule has 0 atom stereocenters. The van der Waals surface area contributed by atoms with Gasteiger partial charge in [0.1, 0.15) is 0 Å². The molecule has 2 nitrogen and oxygen atoms in total. The van der Waals surface area contributed by atoms with Crippen molar-refractivity contribution in [1.82, 2.24) is 5.32 Å². The maximum absolute atomic E-state index is 11.4. The van der Waals surface area contributed by atoms with Crippen LogP contribution in [0, 0.1) is 6.92 Å². The molecule has 1 heterocycles. The highest BCUT2D eigenvalue weighted by Crippen LogP contribution is 2.16. The Morgan fingerprint density at radius 3 is 2.94 bits per heavy atom. The summed E-state index contributed by atoms with van der Waals surface area (Å²) in [5.74, 6) is -0.0319. The number of hydrogen-bond acceptors (Lipinski definition) is 2. The van der Waals surface area contributed by atoms with Gasteiger partial charge < -0.3 is 5.32 Å². The van der Waals surface area contributed by atoms with E-state index < -0.39 is 0 Å². The summed E-state index contributed by atoms with van der Waals surface area (Å²) >= 11 is 1.68. The minimum atomic E-state index is -0.0319. The fraction of sp³-hybridized carbons (Fsp3) is 0.308. The molecule has 1 N–H and O–H groups in total. The van der Waals surface area contributed by atoms with E-state index >= 15 is 0 Å². The van der Waals surface area contributed by atoms with Gasteiger partial charge in [0.05, 0.1) is 0 Å². The van der Waals surface area contributed by atoms with Crippen LogP contribution >= 0.6 is 11.3 Å². The summed E-state index contributed by atoms with van der Waals surface area (Å²) in [5, 5.41) is 2.82. The number of thiophene rings is 1.